The molecule has 0 aliphatic carbocycles. The zero-order chi connectivity index (χ0) is 21.8. The van der Waals surface area contributed by atoms with Gasteiger partial charge >= 0.3 is 0 Å². The van der Waals surface area contributed by atoms with Crippen molar-refractivity contribution in [3.63, 3.8) is 0 Å². The molecule has 0 atom stereocenters. The molecule has 0 saturated carbocycles. The Hall–Kier alpha value is -3.19. The Morgan fingerprint density at radius 2 is 1.65 bits per heavy atom. The molecule has 0 radical (unpaired) electrons. The van der Waals surface area contributed by atoms with E-state index >= 15 is 0 Å². The van der Waals surface area contributed by atoms with Crippen LogP contribution in [0.3, 0.4) is 0 Å². The van der Waals surface area contributed by atoms with Gasteiger partial charge in [-0.2, -0.15) is 0 Å². The molecule has 1 fully saturated rings. The lowest BCUT2D eigenvalue weighted by molar-refractivity contribution is -0.122. The van der Waals surface area contributed by atoms with E-state index < -0.39 is 0 Å². The fourth-order valence-electron chi connectivity index (χ4n) is 4.00. The van der Waals surface area contributed by atoms with E-state index in [1.807, 2.05) is 12.1 Å². The molecule has 0 bridgehead atoms. The number of H-pyrrole nitrogens is 1. The largest absolute Gasteiger partial charge is 0.350 e. The van der Waals surface area contributed by atoms with Crippen LogP contribution in [0.25, 0.3) is 10.8 Å². The van der Waals surface area contributed by atoms with Gasteiger partial charge in [0.15, 0.2) is 0 Å². The summed E-state index contributed by atoms with van der Waals surface area (Å²) in [6.07, 6.45) is 2.52. The van der Waals surface area contributed by atoms with Crippen LogP contribution in [0.15, 0.2) is 58.1 Å². The number of likely N-dealkylation sites (tertiary alicyclic amines) is 1. The highest BCUT2D eigenvalue weighted by molar-refractivity contribution is 5.81. The molecule has 7 heteroatoms. The number of aromatic amines is 1. The third-order valence-corrected chi connectivity index (χ3v) is 5.98. The Labute approximate surface area is 180 Å². The maximum Gasteiger partial charge on any atom is 0.273 e. The second-order valence-corrected chi connectivity index (χ2v) is 8.43. The summed E-state index contributed by atoms with van der Waals surface area (Å²) < 4.78 is 1.06. The van der Waals surface area contributed by atoms with Crippen LogP contribution in [0.2, 0.25) is 0 Å². The average Bonchev–Trinajstić information content (AvgIpc) is 2.78. The number of carbonyl (C=O) groups excluding carboxylic acids is 1. The number of hydrogen-bond acceptors (Lipinski definition) is 4. The molecule has 2 aromatic carbocycles. The molecule has 7 nitrogen and oxygen atoms in total. The highest BCUT2D eigenvalue weighted by Gasteiger charge is 2.15. The molecule has 31 heavy (non-hydrogen) atoms. The van der Waals surface area contributed by atoms with Gasteiger partial charge in [0.1, 0.15) is 6.54 Å². The number of benzene rings is 2. The first-order valence-electron chi connectivity index (χ1n) is 10.8. The van der Waals surface area contributed by atoms with E-state index in [1.54, 1.807) is 24.3 Å². The molecule has 1 amide bonds. The summed E-state index contributed by atoms with van der Waals surface area (Å²) in [5.74, 6) is 0.491. The van der Waals surface area contributed by atoms with Crippen molar-refractivity contribution in [2.24, 2.45) is 5.92 Å². The zero-order valence-electron chi connectivity index (χ0n) is 17.8. The minimum absolute atomic E-state index is 0.232. The first-order valence-corrected chi connectivity index (χ1v) is 10.8. The van der Waals surface area contributed by atoms with Crippen molar-refractivity contribution >= 4 is 16.7 Å². The average molecular weight is 421 g/mol. The smallest absolute Gasteiger partial charge is 0.273 e. The predicted octanol–water partition coefficient (Wildman–Crippen LogP) is 2.24. The number of fused-ring (bicyclic) bond motifs is 1. The topological polar surface area (TPSA) is 87.2 Å². The minimum atomic E-state index is -0.387. The number of hydrogen-bond donors (Lipinski definition) is 2. The highest BCUT2D eigenvalue weighted by atomic mass is 16.2. The standard InChI is InChI=1S/C24H28N4O3/c1-17-10-12-27(13-11-17)15-19-8-6-18(7-9-19)14-25-22(29)16-28-24(31)21-5-3-2-4-20(21)23(30)26-28/h2-9,17H,10-16H2,1H3,(H,25,29)(H,26,30). The van der Waals surface area contributed by atoms with Gasteiger partial charge in [0, 0.05) is 13.1 Å². The van der Waals surface area contributed by atoms with Gasteiger partial charge in [-0.05, 0) is 55.1 Å². The van der Waals surface area contributed by atoms with Crippen molar-refractivity contribution in [3.05, 3.63) is 80.4 Å². The van der Waals surface area contributed by atoms with Gasteiger partial charge in [-0.25, -0.2) is 4.68 Å². The Kier molecular flexibility index (Phi) is 6.32. The van der Waals surface area contributed by atoms with Crippen molar-refractivity contribution in [1.82, 2.24) is 20.0 Å². The summed E-state index contributed by atoms with van der Waals surface area (Å²) >= 11 is 0. The van der Waals surface area contributed by atoms with E-state index in [9.17, 15) is 14.4 Å². The Bertz CT molecular complexity index is 1170. The molecule has 1 aliphatic rings. The van der Waals surface area contributed by atoms with Crippen molar-refractivity contribution in [2.45, 2.75) is 39.4 Å². The Balaban J connectivity index is 1.33. The molecule has 2 N–H and O–H groups in total. The normalized spacial score (nSPS) is 15.3. The summed E-state index contributed by atoms with van der Waals surface area (Å²) in [5, 5.41) is 5.92. The second kappa shape index (κ2) is 9.31. The van der Waals surface area contributed by atoms with Crippen LogP contribution in [0.1, 0.15) is 30.9 Å². The van der Waals surface area contributed by atoms with Gasteiger partial charge in [-0.15, -0.1) is 0 Å². The summed E-state index contributed by atoms with van der Waals surface area (Å²) in [6, 6.07) is 14.8. The van der Waals surface area contributed by atoms with Gasteiger partial charge in [0.2, 0.25) is 5.91 Å². The van der Waals surface area contributed by atoms with Crippen LogP contribution < -0.4 is 16.4 Å². The lowest BCUT2D eigenvalue weighted by Gasteiger charge is -2.30. The van der Waals surface area contributed by atoms with E-state index in [4.69, 9.17) is 0 Å². The number of rotatable bonds is 6. The minimum Gasteiger partial charge on any atom is -0.350 e. The summed E-state index contributed by atoms with van der Waals surface area (Å²) in [4.78, 5) is 39.5. The highest BCUT2D eigenvalue weighted by Crippen LogP contribution is 2.18. The van der Waals surface area contributed by atoms with Gasteiger partial charge in [0.25, 0.3) is 11.1 Å². The number of carbonyl (C=O) groups is 1. The summed E-state index contributed by atoms with van der Waals surface area (Å²) in [5.41, 5.74) is 1.48. The molecule has 2 heterocycles. The molecule has 1 aromatic heterocycles. The van der Waals surface area contributed by atoms with Crippen LogP contribution in [0, 0.1) is 5.92 Å². The lowest BCUT2D eigenvalue weighted by atomic mass is 9.99. The van der Waals surface area contributed by atoms with E-state index in [0.717, 1.165) is 35.8 Å². The molecule has 4 rings (SSSR count). The van der Waals surface area contributed by atoms with E-state index in [-0.39, 0.29) is 23.6 Å². The molecule has 162 valence electrons. The van der Waals surface area contributed by atoms with Gasteiger partial charge in [0.05, 0.1) is 10.8 Å². The maximum absolute atomic E-state index is 12.5. The number of piperidine rings is 1. The van der Waals surface area contributed by atoms with Crippen LogP contribution in [-0.2, 0) is 24.4 Å². The quantitative estimate of drug-likeness (QED) is 0.640. The second-order valence-electron chi connectivity index (χ2n) is 8.43. The third kappa shape index (κ3) is 5.11. The van der Waals surface area contributed by atoms with Crippen molar-refractivity contribution < 1.29 is 4.79 Å². The first-order chi connectivity index (χ1) is 15.0. The molecule has 1 aliphatic heterocycles. The van der Waals surface area contributed by atoms with E-state index in [2.05, 4.69) is 34.4 Å². The van der Waals surface area contributed by atoms with Crippen LogP contribution in [0.5, 0.6) is 0 Å². The monoisotopic (exact) mass is 420 g/mol. The van der Waals surface area contributed by atoms with Gasteiger partial charge < -0.3 is 5.32 Å². The lowest BCUT2D eigenvalue weighted by Crippen LogP contribution is -2.36. The fourth-order valence-corrected chi connectivity index (χ4v) is 4.00. The SMILES string of the molecule is CC1CCN(Cc2ccc(CNC(=O)Cn3[nH]c(=O)c4ccccc4c3=O)cc2)CC1. The molecule has 1 saturated heterocycles. The molecular formula is C24H28N4O3. The summed E-state index contributed by atoms with van der Waals surface area (Å²) in [6.45, 7) is 5.70. The molecular weight excluding hydrogens is 392 g/mol. The van der Waals surface area contributed by atoms with Crippen LogP contribution in [-0.4, -0.2) is 33.7 Å². The first kappa shape index (κ1) is 21.1. The number of amides is 1. The van der Waals surface area contributed by atoms with Crippen molar-refractivity contribution in [3.8, 4) is 0 Å². The molecule has 0 spiro atoms. The van der Waals surface area contributed by atoms with E-state index in [0.29, 0.717) is 17.3 Å². The molecule has 0 unspecified atom stereocenters. The van der Waals surface area contributed by atoms with Crippen molar-refractivity contribution in [2.75, 3.05) is 13.1 Å². The van der Waals surface area contributed by atoms with Gasteiger partial charge in [-0.3, -0.25) is 24.4 Å². The number of nitrogens with zero attached hydrogens (tertiary/aromatic N) is 2. The van der Waals surface area contributed by atoms with E-state index in [1.165, 1.54) is 18.4 Å². The van der Waals surface area contributed by atoms with Crippen molar-refractivity contribution in [1.29, 1.82) is 0 Å². The van der Waals surface area contributed by atoms with Crippen LogP contribution in [0.4, 0.5) is 0 Å². The van der Waals surface area contributed by atoms with Crippen LogP contribution >= 0.6 is 0 Å². The summed E-state index contributed by atoms with van der Waals surface area (Å²) in [7, 11) is 0. The Morgan fingerprint density at radius 1 is 1.00 bits per heavy atom. The number of nitrogens with one attached hydrogen (secondary N) is 2. The van der Waals surface area contributed by atoms with Gasteiger partial charge in [-0.1, -0.05) is 43.3 Å². The Morgan fingerprint density at radius 3 is 2.35 bits per heavy atom. The maximum atomic E-state index is 12.5. The third-order valence-electron chi connectivity index (χ3n) is 5.98. The predicted molar refractivity (Wildman–Crippen MR) is 121 cm³/mol. The molecule has 3 aromatic rings. The number of aromatic nitrogens is 2. The zero-order valence-corrected chi connectivity index (χ0v) is 17.8. The fraction of sp³-hybridized carbons (Fsp3) is 0.375.